The molecule has 1 N–H and O–H groups in total. The SMILES string of the molecule is O=C([C@@H]1C[C@@H](F)CN1)N(Cl)CC1CCN(CC(F)(F)F)C1. The second-order valence-corrected chi connectivity index (χ2v) is 6.09. The monoisotopic (exact) mass is 331 g/mol. The minimum absolute atomic E-state index is 0.0867. The zero-order valence-corrected chi connectivity index (χ0v) is 12.1. The van der Waals surface area contributed by atoms with Gasteiger partial charge in [-0.1, -0.05) is 0 Å². The molecule has 2 rings (SSSR count). The first-order valence-corrected chi connectivity index (χ1v) is 7.22. The number of nitrogens with one attached hydrogen (secondary N) is 1. The molecule has 2 aliphatic heterocycles. The van der Waals surface area contributed by atoms with Crippen LogP contribution in [0.5, 0.6) is 0 Å². The van der Waals surface area contributed by atoms with Gasteiger partial charge in [-0.25, -0.2) is 4.39 Å². The summed E-state index contributed by atoms with van der Waals surface area (Å²) in [7, 11) is 0. The average Bonchev–Trinajstić information content (AvgIpc) is 2.95. The second kappa shape index (κ2) is 6.66. The van der Waals surface area contributed by atoms with Crippen molar-refractivity contribution >= 4 is 17.7 Å². The molecule has 2 saturated heterocycles. The van der Waals surface area contributed by atoms with Crippen LogP contribution in [0.2, 0.25) is 0 Å². The largest absolute Gasteiger partial charge is 0.401 e. The molecule has 0 aromatic rings. The summed E-state index contributed by atoms with van der Waals surface area (Å²) < 4.78 is 50.9. The van der Waals surface area contributed by atoms with Crippen LogP contribution in [0.3, 0.4) is 0 Å². The second-order valence-electron chi connectivity index (χ2n) is 5.68. The van der Waals surface area contributed by atoms with E-state index in [1.54, 1.807) is 0 Å². The summed E-state index contributed by atoms with van der Waals surface area (Å²) in [6.45, 7) is -0.0155. The molecule has 21 heavy (non-hydrogen) atoms. The van der Waals surface area contributed by atoms with Crippen molar-refractivity contribution in [2.75, 3.05) is 32.7 Å². The lowest BCUT2D eigenvalue weighted by atomic mass is 10.1. The van der Waals surface area contributed by atoms with Crippen molar-refractivity contribution in [2.45, 2.75) is 31.2 Å². The predicted molar refractivity (Wildman–Crippen MR) is 69.5 cm³/mol. The normalized spacial score (nSPS) is 30.8. The van der Waals surface area contributed by atoms with E-state index in [1.165, 1.54) is 4.90 Å². The van der Waals surface area contributed by atoms with E-state index in [0.717, 1.165) is 4.42 Å². The minimum Gasteiger partial charge on any atom is -0.303 e. The smallest absolute Gasteiger partial charge is 0.303 e. The Bertz CT molecular complexity index is 382. The van der Waals surface area contributed by atoms with Crippen LogP contribution in [-0.2, 0) is 4.79 Å². The van der Waals surface area contributed by atoms with Crippen LogP contribution >= 0.6 is 11.8 Å². The molecule has 0 aromatic heterocycles. The maximum absolute atomic E-state index is 13.0. The number of hydrogen-bond acceptors (Lipinski definition) is 3. The molecular weight excluding hydrogens is 314 g/mol. The van der Waals surface area contributed by atoms with Gasteiger partial charge < -0.3 is 5.32 Å². The number of likely N-dealkylation sites (tertiary alicyclic amines) is 1. The van der Waals surface area contributed by atoms with E-state index >= 15 is 0 Å². The zero-order valence-electron chi connectivity index (χ0n) is 11.4. The van der Waals surface area contributed by atoms with E-state index in [9.17, 15) is 22.4 Å². The van der Waals surface area contributed by atoms with Crippen LogP contribution in [0.4, 0.5) is 17.6 Å². The highest BCUT2D eigenvalue weighted by Crippen LogP contribution is 2.24. The van der Waals surface area contributed by atoms with Crippen molar-refractivity contribution in [3.63, 3.8) is 0 Å². The quantitative estimate of drug-likeness (QED) is 0.627. The van der Waals surface area contributed by atoms with Crippen LogP contribution in [0.15, 0.2) is 0 Å². The van der Waals surface area contributed by atoms with Gasteiger partial charge in [-0.2, -0.15) is 13.2 Å². The van der Waals surface area contributed by atoms with Crippen molar-refractivity contribution in [1.29, 1.82) is 0 Å². The molecule has 2 heterocycles. The van der Waals surface area contributed by atoms with Gasteiger partial charge in [-0.3, -0.25) is 14.1 Å². The molecule has 122 valence electrons. The van der Waals surface area contributed by atoms with Gasteiger partial charge in [0, 0.05) is 37.8 Å². The van der Waals surface area contributed by atoms with E-state index in [0.29, 0.717) is 13.0 Å². The number of carbonyl (C=O) groups is 1. The fourth-order valence-electron chi connectivity index (χ4n) is 2.83. The van der Waals surface area contributed by atoms with Gasteiger partial charge in [0.1, 0.15) is 6.17 Å². The number of amides is 1. The maximum Gasteiger partial charge on any atom is 0.401 e. The number of halogens is 5. The van der Waals surface area contributed by atoms with E-state index in [2.05, 4.69) is 5.32 Å². The van der Waals surface area contributed by atoms with Gasteiger partial charge in [0.15, 0.2) is 0 Å². The summed E-state index contributed by atoms with van der Waals surface area (Å²) in [5.74, 6) is -0.498. The summed E-state index contributed by atoms with van der Waals surface area (Å²) in [5, 5.41) is 2.74. The van der Waals surface area contributed by atoms with Gasteiger partial charge in [0.05, 0.1) is 12.6 Å². The van der Waals surface area contributed by atoms with Gasteiger partial charge >= 0.3 is 6.18 Å². The van der Waals surface area contributed by atoms with Crippen molar-refractivity contribution in [1.82, 2.24) is 14.6 Å². The third kappa shape index (κ3) is 4.96. The minimum atomic E-state index is -4.21. The van der Waals surface area contributed by atoms with Gasteiger partial charge in [-0.05, 0) is 18.9 Å². The van der Waals surface area contributed by atoms with Crippen LogP contribution in [0.1, 0.15) is 12.8 Å². The Morgan fingerprint density at radius 3 is 2.71 bits per heavy atom. The van der Waals surface area contributed by atoms with Crippen LogP contribution < -0.4 is 5.32 Å². The lowest BCUT2D eigenvalue weighted by Gasteiger charge is -2.22. The third-order valence-corrected chi connectivity index (χ3v) is 4.11. The topological polar surface area (TPSA) is 35.6 Å². The lowest BCUT2D eigenvalue weighted by molar-refractivity contribution is -0.144. The van der Waals surface area contributed by atoms with Gasteiger partial charge in [-0.15, -0.1) is 0 Å². The molecule has 0 saturated carbocycles. The van der Waals surface area contributed by atoms with Crippen molar-refractivity contribution in [2.24, 2.45) is 5.92 Å². The summed E-state index contributed by atoms with van der Waals surface area (Å²) in [5.41, 5.74) is 0. The fourth-order valence-corrected chi connectivity index (χ4v) is 3.14. The van der Waals surface area contributed by atoms with Gasteiger partial charge in [0.25, 0.3) is 5.91 Å². The molecule has 3 atom stereocenters. The molecule has 9 heteroatoms. The van der Waals surface area contributed by atoms with Gasteiger partial charge in [0.2, 0.25) is 0 Å². The number of alkyl halides is 4. The molecule has 1 amide bonds. The first kappa shape index (κ1) is 16.8. The highest BCUT2D eigenvalue weighted by atomic mass is 35.5. The summed E-state index contributed by atoms with van der Waals surface area (Å²) in [6.07, 6.45) is -4.61. The highest BCUT2D eigenvalue weighted by molar-refractivity contribution is 6.22. The number of hydrogen-bond donors (Lipinski definition) is 1. The first-order chi connectivity index (χ1) is 9.74. The maximum atomic E-state index is 13.0. The van der Waals surface area contributed by atoms with Crippen molar-refractivity contribution in [3.05, 3.63) is 0 Å². The van der Waals surface area contributed by atoms with Crippen molar-refractivity contribution in [3.8, 4) is 0 Å². The fraction of sp³-hybridized carbons (Fsp3) is 0.917. The zero-order chi connectivity index (χ0) is 15.6. The highest BCUT2D eigenvalue weighted by Gasteiger charge is 2.36. The lowest BCUT2D eigenvalue weighted by Crippen LogP contribution is -2.41. The molecular formula is C12H18ClF4N3O. The molecule has 4 nitrogen and oxygen atoms in total. The van der Waals surface area contributed by atoms with E-state index in [-0.39, 0.29) is 32.0 Å². The summed E-state index contributed by atoms with van der Waals surface area (Å²) in [4.78, 5) is 13.3. The molecule has 0 aliphatic carbocycles. The Kier molecular flexibility index (Phi) is 5.32. The number of rotatable bonds is 4. The number of nitrogens with zero attached hydrogens (tertiary/aromatic N) is 2. The first-order valence-electron chi connectivity index (χ1n) is 6.88. The molecule has 0 aromatic carbocycles. The Morgan fingerprint density at radius 2 is 2.14 bits per heavy atom. The van der Waals surface area contributed by atoms with Crippen LogP contribution in [0.25, 0.3) is 0 Å². The third-order valence-electron chi connectivity index (χ3n) is 3.81. The molecule has 2 fully saturated rings. The summed E-state index contributed by atoms with van der Waals surface area (Å²) >= 11 is 5.90. The summed E-state index contributed by atoms with van der Waals surface area (Å²) in [6, 6.07) is -0.634. The molecule has 1 unspecified atom stereocenters. The van der Waals surface area contributed by atoms with E-state index in [4.69, 9.17) is 11.8 Å². The molecule has 0 bridgehead atoms. The average molecular weight is 332 g/mol. The Morgan fingerprint density at radius 1 is 1.43 bits per heavy atom. The van der Waals surface area contributed by atoms with Crippen molar-refractivity contribution < 1.29 is 22.4 Å². The molecule has 2 aliphatic rings. The number of carbonyl (C=O) groups excluding carboxylic acids is 1. The predicted octanol–water partition coefficient (Wildman–Crippen LogP) is 1.55. The van der Waals surface area contributed by atoms with E-state index < -0.39 is 30.8 Å². The van der Waals surface area contributed by atoms with E-state index in [1.807, 2.05) is 0 Å². The standard InChI is InChI=1S/C12H18ClF4N3O/c13-20(11(21)10-3-9(14)4-18-10)6-8-1-2-19(5-8)7-12(15,16)17/h8-10,18H,1-7H2/t8?,9-,10+/m1/s1. The van der Waals surface area contributed by atoms with Crippen LogP contribution in [-0.4, -0.2) is 66.3 Å². The Labute approximate surface area is 125 Å². The molecule has 0 radical (unpaired) electrons. The Hall–Kier alpha value is -0.600. The Balaban J connectivity index is 1.76. The molecule has 0 spiro atoms. The van der Waals surface area contributed by atoms with Crippen LogP contribution in [0, 0.1) is 5.92 Å².